The Labute approximate surface area is 70.2 Å². The highest BCUT2D eigenvalue weighted by Crippen LogP contribution is 2.21. The van der Waals surface area contributed by atoms with Gasteiger partial charge in [-0.1, -0.05) is 6.58 Å². The standard InChI is InChI=1S/C8H11FO3/c1-5(2)8(10)12-4-6-3-11-7(6)9/h6-7H,1,3-4H2,2H3. The van der Waals surface area contributed by atoms with Crippen molar-refractivity contribution in [2.24, 2.45) is 5.92 Å². The summed E-state index contributed by atoms with van der Waals surface area (Å²) < 4.78 is 21.6. The molecule has 0 aliphatic carbocycles. The van der Waals surface area contributed by atoms with E-state index < -0.39 is 12.3 Å². The van der Waals surface area contributed by atoms with Gasteiger partial charge in [-0.15, -0.1) is 0 Å². The summed E-state index contributed by atoms with van der Waals surface area (Å²) in [6, 6.07) is 0. The van der Waals surface area contributed by atoms with Gasteiger partial charge < -0.3 is 9.47 Å². The minimum absolute atomic E-state index is 0.0763. The first kappa shape index (κ1) is 9.19. The molecule has 0 aromatic rings. The van der Waals surface area contributed by atoms with Gasteiger partial charge in [-0.05, 0) is 6.92 Å². The number of hydrogen-bond donors (Lipinski definition) is 0. The fourth-order valence-electron chi connectivity index (χ4n) is 0.735. The quantitative estimate of drug-likeness (QED) is 0.474. The largest absolute Gasteiger partial charge is 0.462 e. The van der Waals surface area contributed by atoms with E-state index in [2.05, 4.69) is 11.3 Å². The van der Waals surface area contributed by atoms with Gasteiger partial charge >= 0.3 is 5.97 Å². The molecule has 12 heavy (non-hydrogen) atoms. The van der Waals surface area contributed by atoms with Crippen LogP contribution in [0.1, 0.15) is 6.92 Å². The summed E-state index contributed by atoms with van der Waals surface area (Å²) >= 11 is 0. The van der Waals surface area contributed by atoms with E-state index in [0.29, 0.717) is 12.2 Å². The lowest BCUT2D eigenvalue weighted by molar-refractivity contribution is -0.204. The highest BCUT2D eigenvalue weighted by atomic mass is 19.1. The van der Waals surface area contributed by atoms with Crippen LogP contribution in [0.4, 0.5) is 4.39 Å². The van der Waals surface area contributed by atoms with E-state index in [1.54, 1.807) is 6.92 Å². The number of alkyl halides is 1. The van der Waals surface area contributed by atoms with Crippen molar-refractivity contribution in [2.75, 3.05) is 13.2 Å². The maximum Gasteiger partial charge on any atom is 0.333 e. The molecule has 1 fully saturated rings. The van der Waals surface area contributed by atoms with E-state index >= 15 is 0 Å². The number of carbonyl (C=O) groups excluding carboxylic acids is 1. The van der Waals surface area contributed by atoms with Gasteiger partial charge in [0.1, 0.15) is 6.61 Å². The molecule has 0 aromatic heterocycles. The molecule has 2 atom stereocenters. The van der Waals surface area contributed by atoms with E-state index in [9.17, 15) is 9.18 Å². The predicted molar refractivity (Wildman–Crippen MR) is 40.1 cm³/mol. The van der Waals surface area contributed by atoms with Gasteiger partial charge in [0.15, 0.2) is 0 Å². The molecule has 0 saturated carbocycles. The molecule has 2 unspecified atom stereocenters. The molecule has 0 radical (unpaired) electrons. The molecule has 1 aliphatic heterocycles. The number of carbonyl (C=O) groups is 1. The molecule has 1 rings (SSSR count). The van der Waals surface area contributed by atoms with Crippen molar-refractivity contribution >= 4 is 5.97 Å². The lowest BCUT2D eigenvalue weighted by Crippen LogP contribution is -2.39. The van der Waals surface area contributed by atoms with Crippen molar-refractivity contribution in [1.29, 1.82) is 0 Å². The first-order chi connectivity index (χ1) is 5.61. The number of halogens is 1. The first-order valence-corrected chi connectivity index (χ1v) is 3.69. The molecular weight excluding hydrogens is 163 g/mol. The van der Waals surface area contributed by atoms with Gasteiger partial charge in [0.25, 0.3) is 0 Å². The molecular formula is C8H11FO3. The van der Waals surface area contributed by atoms with Crippen molar-refractivity contribution < 1.29 is 18.7 Å². The van der Waals surface area contributed by atoms with E-state index in [1.165, 1.54) is 0 Å². The summed E-state index contributed by atoms with van der Waals surface area (Å²) in [5.41, 5.74) is 0.325. The van der Waals surface area contributed by atoms with E-state index in [1.807, 2.05) is 0 Å². The molecule has 3 nitrogen and oxygen atoms in total. The average Bonchev–Trinajstić information content (AvgIpc) is 2.01. The zero-order valence-corrected chi connectivity index (χ0v) is 6.88. The lowest BCUT2D eigenvalue weighted by Gasteiger charge is -2.29. The Morgan fingerprint density at radius 3 is 2.83 bits per heavy atom. The van der Waals surface area contributed by atoms with E-state index in [0.717, 1.165) is 0 Å². The van der Waals surface area contributed by atoms with E-state index in [-0.39, 0.29) is 12.5 Å². The maximum absolute atomic E-state index is 12.4. The third-order valence-corrected chi connectivity index (χ3v) is 1.62. The number of esters is 1. The molecule has 0 N–H and O–H groups in total. The number of rotatable bonds is 3. The van der Waals surface area contributed by atoms with Crippen LogP contribution in [0.5, 0.6) is 0 Å². The van der Waals surface area contributed by atoms with Crippen LogP contribution in [-0.4, -0.2) is 25.5 Å². The summed E-state index contributed by atoms with van der Waals surface area (Å²) in [4.78, 5) is 10.8. The highest BCUT2D eigenvalue weighted by molar-refractivity contribution is 5.86. The third kappa shape index (κ3) is 2.04. The lowest BCUT2D eigenvalue weighted by atomic mass is 10.1. The molecule has 1 saturated heterocycles. The fourth-order valence-corrected chi connectivity index (χ4v) is 0.735. The van der Waals surface area contributed by atoms with Crippen molar-refractivity contribution in [2.45, 2.75) is 13.3 Å². The van der Waals surface area contributed by atoms with Crippen molar-refractivity contribution in [3.05, 3.63) is 12.2 Å². The molecule has 0 amide bonds. The molecule has 4 heteroatoms. The second kappa shape index (κ2) is 3.67. The highest BCUT2D eigenvalue weighted by Gasteiger charge is 2.33. The van der Waals surface area contributed by atoms with Crippen LogP contribution in [0.25, 0.3) is 0 Å². The van der Waals surface area contributed by atoms with Gasteiger partial charge in [0.2, 0.25) is 6.36 Å². The topological polar surface area (TPSA) is 35.5 Å². The van der Waals surface area contributed by atoms with Crippen molar-refractivity contribution in [3.8, 4) is 0 Å². The Morgan fingerprint density at radius 2 is 2.50 bits per heavy atom. The second-order valence-corrected chi connectivity index (χ2v) is 2.82. The molecule has 0 spiro atoms. The van der Waals surface area contributed by atoms with Gasteiger partial charge in [0, 0.05) is 5.57 Å². The Hall–Kier alpha value is -0.900. The Balaban J connectivity index is 2.17. The Bertz CT molecular complexity index is 202. The summed E-state index contributed by atoms with van der Waals surface area (Å²) in [5.74, 6) is -0.776. The smallest absolute Gasteiger partial charge is 0.333 e. The molecule has 68 valence electrons. The van der Waals surface area contributed by atoms with Crippen LogP contribution >= 0.6 is 0 Å². The third-order valence-electron chi connectivity index (χ3n) is 1.62. The SMILES string of the molecule is C=C(C)C(=O)OCC1COC1F. The minimum Gasteiger partial charge on any atom is -0.462 e. The Kier molecular flexibility index (Phi) is 2.81. The number of ether oxygens (including phenoxy) is 2. The molecule has 1 aliphatic rings. The zero-order valence-electron chi connectivity index (χ0n) is 6.88. The number of hydrogen-bond acceptors (Lipinski definition) is 3. The molecule has 1 heterocycles. The van der Waals surface area contributed by atoms with Crippen LogP contribution in [0.15, 0.2) is 12.2 Å². The zero-order chi connectivity index (χ0) is 9.14. The fraction of sp³-hybridized carbons (Fsp3) is 0.625. The van der Waals surface area contributed by atoms with Crippen LogP contribution in [0.2, 0.25) is 0 Å². The summed E-state index contributed by atoms with van der Waals surface area (Å²) in [5, 5.41) is 0. The summed E-state index contributed by atoms with van der Waals surface area (Å²) in [6.07, 6.45) is -1.28. The van der Waals surface area contributed by atoms with Crippen LogP contribution in [-0.2, 0) is 14.3 Å². The van der Waals surface area contributed by atoms with Crippen LogP contribution in [0.3, 0.4) is 0 Å². The van der Waals surface area contributed by atoms with Gasteiger partial charge in [-0.25, -0.2) is 9.18 Å². The first-order valence-electron chi connectivity index (χ1n) is 3.69. The normalized spacial score (nSPS) is 27.5. The van der Waals surface area contributed by atoms with Gasteiger partial charge in [-0.2, -0.15) is 0 Å². The van der Waals surface area contributed by atoms with Crippen LogP contribution in [0, 0.1) is 5.92 Å². The van der Waals surface area contributed by atoms with E-state index in [4.69, 9.17) is 4.74 Å². The van der Waals surface area contributed by atoms with Crippen molar-refractivity contribution in [3.63, 3.8) is 0 Å². The maximum atomic E-state index is 12.4. The van der Waals surface area contributed by atoms with Crippen LogP contribution < -0.4 is 0 Å². The monoisotopic (exact) mass is 174 g/mol. The molecule has 0 bridgehead atoms. The summed E-state index contributed by atoms with van der Waals surface area (Å²) in [7, 11) is 0. The van der Waals surface area contributed by atoms with Gasteiger partial charge in [0.05, 0.1) is 12.5 Å². The minimum atomic E-state index is -1.28. The predicted octanol–water partition coefficient (Wildman–Crippen LogP) is 1.05. The average molecular weight is 174 g/mol. The molecule has 0 aromatic carbocycles. The second-order valence-electron chi connectivity index (χ2n) is 2.82. The van der Waals surface area contributed by atoms with Crippen molar-refractivity contribution in [1.82, 2.24) is 0 Å². The summed E-state index contributed by atoms with van der Waals surface area (Å²) in [6.45, 7) is 5.34. The van der Waals surface area contributed by atoms with Gasteiger partial charge in [-0.3, -0.25) is 0 Å². The Morgan fingerprint density at radius 1 is 1.83 bits per heavy atom.